The standard InChI is InChI=1S/C17H21N/c1-12(2)15-6-5-7-16(17(15)13(3)4)14-8-10-18-11-9-14/h5-13H,1-4H3. The molecule has 0 radical (unpaired) electrons. The summed E-state index contributed by atoms with van der Waals surface area (Å²) in [7, 11) is 0. The lowest BCUT2D eigenvalue weighted by molar-refractivity contribution is 0.792. The Kier molecular flexibility index (Phi) is 3.81. The average Bonchev–Trinajstić information content (AvgIpc) is 2.38. The minimum Gasteiger partial charge on any atom is -0.265 e. The van der Waals surface area contributed by atoms with E-state index in [0.717, 1.165) is 0 Å². The second-order valence-electron chi connectivity index (χ2n) is 5.35. The van der Waals surface area contributed by atoms with Gasteiger partial charge in [0.05, 0.1) is 0 Å². The van der Waals surface area contributed by atoms with Crippen molar-refractivity contribution in [3.63, 3.8) is 0 Å². The summed E-state index contributed by atoms with van der Waals surface area (Å²) in [4.78, 5) is 4.10. The second kappa shape index (κ2) is 5.34. The number of nitrogens with zero attached hydrogens (tertiary/aromatic N) is 1. The molecule has 0 amide bonds. The van der Waals surface area contributed by atoms with Gasteiger partial charge in [0.25, 0.3) is 0 Å². The van der Waals surface area contributed by atoms with Crippen molar-refractivity contribution in [2.24, 2.45) is 0 Å². The van der Waals surface area contributed by atoms with E-state index >= 15 is 0 Å². The van der Waals surface area contributed by atoms with Gasteiger partial charge in [-0.25, -0.2) is 0 Å². The van der Waals surface area contributed by atoms with Crippen LogP contribution in [0.2, 0.25) is 0 Å². The number of aromatic nitrogens is 1. The van der Waals surface area contributed by atoms with Crippen molar-refractivity contribution in [3.8, 4) is 11.1 Å². The van der Waals surface area contributed by atoms with Crippen molar-refractivity contribution >= 4 is 0 Å². The number of rotatable bonds is 3. The van der Waals surface area contributed by atoms with Gasteiger partial charge in [-0.15, -0.1) is 0 Å². The van der Waals surface area contributed by atoms with E-state index in [1.807, 2.05) is 12.4 Å². The summed E-state index contributed by atoms with van der Waals surface area (Å²) < 4.78 is 0. The first-order valence-electron chi connectivity index (χ1n) is 6.64. The van der Waals surface area contributed by atoms with Crippen LogP contribution < -0.4 is 0 Å². The minimum atomic E-state index is 0.534. The molecule has 0 atom stereocenters. The molecule has 0 unspecified atom stereocenters. The SMILES string of the molecule is CC(C)c1cccc(-c2ccncc2)c1C(C)C. The zero-order valence-corrected chi connectivity index (χ0v) is 11.6. The van der Waals surface area contributed by atoms with Crippen LogP contribution >= 0.6 is 0 Å². The van der Waals surface area contributed by atoms with Crippen LogP contribution in [0.25, 0.3) is 11.1 Å². The highest BCUT2D eigenvalue weighted by Gasteiger charge is 2.14. The third kappa shape index (κ3) is 2.45. The quantitative estimate of drug-likeness (QED) is 0.735. The van der Waals surface area contributed by atoms with E-state index < -0.39 is 0 Å². The van der Waals surface area contributed by atoms with Gasteiger partial charge in [0, 0.05) is 12.4 Å². The molecule has 0 spiro atoms. The molecule has 1 nitrogen and oxygen atoms in total. The lowest BCUT2D eigenvalue weighted by Gasteiger charge is -2.20. The largest absolute Gasteiger partial charge is 0.265 e. The monoisotopic (exact) mass is 239 g/mol. The van der Waals surface area contributed by atoms with Gasteiger partial charge in [-0.1, -0.05) is 45.9 Å². The Labute approximate surface area is 110 Å². The highest BCUT2D eigenvalue weighted by Crippen LogP contribution is 2.34. The summed E-state index contributed by atoms with van der Waals surface area (Å²) in [6.45, 7) is 9.06. The van der Waals surface area contributed by atoms with Gasteiger partial charge >= 0.3 is 0 Å². The summed E-state index contributed by atoms with van der Waals surface area (Å²) in [6, 6.07) is 10.8. The van der Waals surface area contributed by atoms with Gasteiger partial charge in [-0.3, -0.25) is 4.98 Å². The Morgan fingerprint density at radius 2 is 1.50 bits per heavy atom. The van der Waals surface area contributed by atoms with Gasteiger partial charge in [0.1, 0.15) is 0 Å². The van der Waals surface area contributed by atoms with Crippen LogP contribution in [0.15, 0.2) is 42.7 Å². The van der Waals surface area contributed by atoms with Crippen molar-refractivity contribution in [1.82, 2.24) is 4.98 Å². The Bertz CT molecular complexity index is 512. The fraction of sp³-hybridized carbons (Fsp3) is 0.353. The third-order valence-corrected chi connectivity index (χ3v) is 3.33. The third-order valence-electron chi connectivity index (χ3n) is 3.33. The summed E-state index contributed by atoms with van der Waals surface area (Å²) in [5.41, 5.74) is 5.54. The molecule has 0 bridgehead atoms. The molecule has 2 aromatic rings. The molecule has 94 valence electrons. The molecule has 2 rings (SSSR count). The summed E-state index contributed by atoms with van der Waals surface area (Å²) in [5.74, 6) is 1.09. The Morgan fingerprint density at radius 1 is 0.833 bits per heavy atom. The Balaban J connectivity index is 2.64. The molecule has 0 aliphatic carbocycles. The van der Waals surface area contributed by atoms with Crippen LogP contribution in [0.3, 0.4) is 0 Å². The van der Waals surface area contributed by atoms with Crippen molar-refractivity contribution in [2.45, 2.75) is 39.5 Å². The van der Waals surface area contributed by atoms with E-state index in [1.165, 1.54) is 22.3 Å². The van der Waals surface area contributed by atoms with Crippen LogP contribution in [0.4, 0.5) is 0 Å². The number of hydrogen-bond donors (Lipinski definition) is 0. The van der Waals surface area contributed by atoms with Crippen LogP contribution in [0.5, 0.6) is 0 Å². The molecule has 0 aliphatic heterocycles. The molecule has 18 heavy (non-hydrogen) atoms. The van der Waals surface area contributed by atoms with Gasteiger partial charge < -0.3 is 0 Å². The maximum atomic E-state index is 4.10. The average molecular weight is 239 g/mol. The second-order valence-corrected chi connectivity index (χ2v) is 5.35. The first-order chi connectivity index (χ1) is 8.61. The van der Waals surface area contributed by atoms with Gasteiger partial charge in [-0.2, -0.15) is 0 Å². The van der Waals surface area contributed by atoms with E-state index in [0.29, 0.717) is 11.8 Å². The Morgan fingerprint density at radius 3 is 2.06 bits per heavy atom. The lowest BCUT2D eigenvalue weighted by Crippen LogP contribution is -2.01. The molecule has 0 aliphatic rings. The predicted octanol–water partition coefficient (Wildman–Crippen LogP) is 5.00. The molecule has 1 aromatic carbocycles. The molecule has 0 N–H and O–H groups in total. The molecule has 0 fully saturated rings. The van der Waals surface area contributed by atoms with E-state index in [9.17, 15) is 0 Å². The van der Waals surface area contributed by atoms with Gasteiger partial charge in [-0.05, 0) is 46.2 Å². The van der Waals surface area contributed by atoms with Crippen molar-refractivity contribution in [3.05, 3.63) is 53.9 Å². The normalized spacial score (nSPS) is 11.2. The van der Waals surface area contributed by atoms with Crippen LogP contribution in [-0.2, 0) is 0 Å². The number of hydrogen-bond acceptors (Lipinski definition) is 1. The van der Waals surface area contributed by atoms with E-state index in [1.54, 1.807) is 0 Å². The zero-order chi connectivity index (χ0) is 13.1. The molecular weight excluding hydrogens is 218 g/mol. The minimum absolute atomic E-state index is 0.534. The van der Waals surface area contributed by atoms with Crippen molar-refractivity contribution in [1.29, 1.82) is 0 Å². The van der Waals surface area contributed by atoms with Crippen molar-refractivity contribution in [2.75, 3.05) is 0 Å². The van der Waals surface area contributed by atoms with E-state index in [4.69, 9.17) is 0 Å². The zero-order valence-electron chi connectivity index (χ0n) is 11.6. The fourth-order valence-corrected chi connectivity index (χ4v) is 2.51. The van der Waals surface area contributed by atoms with Gasteiger partial charge in [0.15, 0.2) is 0 Å². The first-order valence-corrected chi connectivity index (χ1v) is 6.64. The topological polar surface area (TPSA) is 12.9 Å². The highest BCUT2D eigenvalue weighted by atomic mass is 14.6. The maximum absolute atomic E-state index is 4.10. The van der Waals surface area contributed by atoms with Crippen LogP contribution in [0, 0.1) is 0 Å². The number of pyridine rings is 1. The molecular formula is C17H21N. The maximum Gasteiger partial charge on any atom is 0.0273 e. The molecule has 0 saturated heterocycles. The van der Waals surface area contributed by atoms with Crippen LogP contribution in [0.1, 0.15) is 50.7 Å². The fourth-order valence-electron chi connectivity index (χ4n) is 2.51. The summed E-state index contributed by atoms with van der Waals surface area (Å²) >= 11 is 0. The summed E-state index contributed by atoms with van der Waals surface area (Å²) in [5, 5.41) is 0. The Hall–Kier alpha value is -1.63. The smallest absolute Gasteiger partial charge is 0.0273 e. The lowest BCUT2D eigenvalue weighted by atomic mass is 9.85. The first kappa shape index (κ1) is 12.8. The molecule has 1 heterocycles. The number of benzene rings is 1. The molecule has 0 saturated carbocycles. The van der Waals surface area contributed by atoms with Crippen molar-refractivity contribution < 1.29 is 0 Å². The predicted molar refractivity (Wildman–Crippen MR) is 77.9 cm³/mol. The van der Waals surface area contributed by atoms with E-state index in [-0.39, 0.29) is 0 Å². The van der Waals surface area contributed by atoms with Gasteiger partial charge in [0.2, 0.25) is 0 Å². The van der Waals surface area contributed by atoms with Crippen LogP contribution in [-0.4, -0.2) is 4.98 Å². The summed E-state index contributed by atoms with van der Waals surface area (Å²) in [6.07, 6.45) is 3.73. The molecule has 1 aromatic heterocycles. The van der Waals surface area contributed by atoms with E-state index in [2.05, 4.69) is 63.0 Å². The highest BCUT2D eigenvalue weighted by molar-refractivity contribution is 5.69. The molecule has 1 heteroatoms.